The molecule has 0 saturated carbocycles. The Morgan fingerprint density at radius 1 is 1.33 bits per heavy atom. The molecule has 0 aliphatic rings. The molecule has 0 heterocycles. The molecule has 0 amide bonds. The molecule has 1 aromatic rings. The van der Waals surface area contributed by atoms with E-state index >= 15 is 0 Å². The van der Waals surface area contributed by atoms with Gasteiger partial charge in [-0.05, 0) is 56.8 Å². The van der Waals surface area contributed by atoms with Crippen LogP contribution in [0.1, 0.15) is 36.5 Å². The SMILES string of the molecule is CCOC(=O)CC(Cc1ccc(C)c(C)c1)NCCCO. The van der Waals surface area contributed by atoms with E-state index < -0.39 is 0 Å². The number of hydrogen-bond donors (Lipinski definition) is 2. The highest BCUT2D eigenvalue weighted by Crippen LogP contribution is 2.13. The Labute approximate surface area is 127 Å². The molecule has 21 heavy (non-hydrogen) atoms. The minimum Gasteiger partial charge on any atom is -0.466 e. The largest absolute Gasteiger partial charge is 0.466 e. The number of carbonyl (C=O) groups excluding carboxylic acids is 1. The number of benzene rings is 1. The van der Waals surface area contributed by atoms with Crippen molar-refractivity contribution in [3.8, 4) is 0 Å². The summed E-state index contributed by atoms with van der Waals surface area (Å²) in [6.07, 6.45) is 1.82. The van der Waals surface area contributed by atoms with E-state index in [-0.39, 0.29) is 18.6 Å². The van der Waals surface area contributed by atoms with Crippen molar-refractivity contribution in [3.63, 3.8) is 0 Å². The molecule has 4 heteroatoms. The number of ether oxygens (including phenoxy) is 1. The molecule has 0 radical (unpaired) electrons. The van der Waals surface area contributed by atoms with E-state index in [9.17, 15) is 4.79 Å². The van der Waals surface area contributed by atoms with Crippen LogP contribution in [-0.2, 0) is 16.0 Å². The molecule has 0 spiro atoms. The van der Waals surface area contributed by atoms with E-state index in [1.54, 1.807) is 0 Å². The van der Waals surface area contributed by atoms with Gasteiger partial charge in [0.1, 0.15) is 0 Å². The minimum atomic E-state index is -0.178. The molecule has 0 fully saturated rings. The second-order valence-corrected chi connectivity index (χ2v) is 5.36. The van der Waals surface area contributed by atoms with Gasteiger partial charge in [-0.25, -0.2) is 0 Å². The lowest BCUT2D eigenvalue weighted by Crippen LogP contribution is -2.35. The number of aliphatic hydroxyl groups excluding tert-OH is 1. The van der Waals surface area contributed by atoms with Gasteiger partial charge in [0.2, 0.25) is 0 Å². The summed E-state index contributed by atoms with van der Waals surface area (Å²) in [6, 6.07) is 6.42. The van der Waals surface area contributed by atoms with Crippen LogP contribution in [0.4, 0.5) is 0 Å². The van der Waals surface area contributed by atoms with Gasteiger partial charge in [-0.3, -0.25) is 4.79 Å². The first-order valence-electron chi connectivity index (χ1n) is 7.62. The fourth-order valence-corrected chi connectivity index (χ4v) is 2.24. The monoisotopic (exact) mass is 293 g/mol. The van der Waals surface area contributed by atoms with Gasteiger partial charge in [-0.1, -0.05) is 18.2 Å². The average molecular weight is 293 g/mol. The second-order valence-electron chi connectivity index (χ2n) is 5.36. The minimum absolute atomic E-state index is 0.0395. The molecule has 2 N–H and O–H groups in total. The Kier molecular flexibility index (Phi) is 8.01. The molecular weight excluding hydrogens is 266 g/mol. The summed E-state index contributed by atoms with van der Waals surface area (Å²) in [5, 5.41) is 12.2. The van der Waals surface area contributed by atoms with E-state index in [4.69, 9.17) is 9.84 Å². The first kappa shape index (κ1) is 17.7. The van der Waals surface area contributed by atoms with Gasteiger partial charge in [-0.2, -0.15) is 0 Å². The molecule has 4 nitrogen and oxygen atoms in total. The number of nitrogens with one attached hydrogen (secondary N) is 1. The zero-order valence-electron chi connectivity index (χ0n) is 13.3. The summed E-state index contributed by atoms with van der Waals surface area (Å²) < 4.78 is 5.03. The molecule has 0 aliphatic carbocycles. The van der Waals surface area contributed by atoms with E-state index in [1.807, 2.05) is 6.92 Å². The molecule has 1 atom stereocenters. The van der Waals surface area contributed by atoms with Crippen molar-refractivity contribution < 1.29 is 14.6 Å². The lowest BCUT2D eigenvalue weighted by atomic mass is 9.99. The van der Waals surface area contributed by atoms with Crippen LogP contribution in [0.25, 0.3) is 0 Å². The third-order valence-electron chi connectivity index (χ3n) is 3.54. The van der Waals surface area contributed by atoms with Crippen molar-refractivity contribution in [2.45, 2.75) is 46.1 Å². The van der Waals surface area contributed by atoms with E-state index in [0.29, 0.717) is 26.0 Å². The third kappa shape index (κ3) is 6.74. The summed E-state index contributed by atoms with van der Waals surface area (Å²) in [5.41, 5.74) is 3.75. The van der Waals surface area contributed by atoms with Gasteiger partial charge in [0.05, 0.1) is 13.0 Å². The Bertz CT molecular complexity index is 446. The van der Waals surface area contributed by atoms with Crippen molar-refractivity contribution in [1.29, 1.82) is 0 Å². The smallest absolute Gasteiger partial charge is 0.307 e. The van der Waals surface area contributed by atoms with Gasteiger partial charge in [0, 0.05) is 12.6 Å². The summed E-state index contributed by atoms with van der Waals surface area (Å²) in [4.78, 5) is 11.7. The number of aryl methyl sites for hydroxylation is 2. The van der Waals surface area contributed by atoms with Crippen LogP contribution >= 0.6 is 0 Å². The summed E-state index contributed by atoms with van der Waals surface area (Å²) >= 11 is 0. The van der Waals surface area contributed by atoms with E-state index in [1.165, 1.54) is 16.7 Å². The number of rotatable bonds is 9. The van der Waals surface area contributed by atoms with Gasteiger partial charge in [-0.15, -0.1) is 0 Å². The molecule has 0 aliphatic heterocycles. The fourth-order valence-electron chi connectivity index (χ4n) is 2.24. The summed E-state index contributed by atoms with van der Waals surface area (Å²) in [5.74, 6) is -0.178. The molecule has 0 bridgehead atoms. The van der Waals surface area contributed by atoms with Crippen LogP contribution in [0.5, 0.6) is 0 Å². The van der Waals surface area contributed by atoms with Crippen LogP contribution in [0.3, 0.4) is 0 Å². The van der Waals surface area contributed by atoms with E-state index in [2.05, 4.69) is 37.4 Å². The van der Waals surface area contributed by atoms with Gasteiger partial charge in [0.25, 0.3) is 0 Å². The van der Waals surface area contributed by atoms with Crippen LogP contribution in [-0.4, -0.2) is 36.9 Å². The number of aliphatic hydroxyl groups is 1. The second kappa shape index (κ2) is 9.53. The lowest BCUT2D eigenvalue weighted by molar-refractivity contribution is -0.143. The van der Waals surface area contributed by atoms with Crippen LogP contribution < -0.4 is 5.32 Å². The van der Waals surface area contributed by atoms with Crippen molar-refractivity contribution in [1.82, 2.24) is 5.32 Å². The maximum Gasteiger partial charge on any atom is 0.307 e. The third-order valence-corrected chi connectivity index (χ3v) is 3.54. The number of hydrogen-bond acceptors (Lipinski definition) is 4. The topological polar surface area (TPSA) is 58.6 Å². The molecule has 1 aromatic carbocycles. The van der Waals surface area contributed by atoms with Gasteiger partial charge in [0.15, 0.2) is 0 Å². The van der Waals surface area contributed by atoms with Crippen molar-refractivity contribution >= 4 is 5.97 Å². The van der Waals surface area contributed by atoms with E-state index in [0.717, 1.165) is 6.42 Å². The first-order valence-corrected chi connectivity index (χ1v) is 7.62. The molecule has 1 unspecified atom stereocenters. The highest BCUT2D eigenvalue weighted by atomic mass is 16.5. The van der Waals surface area contributed by atoms with Crippen molar-refractivity contribution in [3.05, 3.63) is 34.9 Å². The predicted octanol–water partition coefficient (Wildman–Crippen LogP) is 2.14. The highest BCUT2D eigenvalue weighted by Gasteiger charge is 2.15. The highest BCUT2D eigenvalue weighted by molar-refractivity contribution is 5.70. The van der Waals surface area contributed by atoms with Crippen molar-refractivity contribution in [2.75, 3.05) is 19.8 Å². The summed E-state index contributed by atoms with van der Waals surface area (Å²) in [6.45, 7) is 7.27. The zero-order chi connectivity index (χ0) is 15.7. The Balaban J connectivity index is 2.65. The van der Waals surface area contributed by atoms with Crippen molar-refractivity contribution in [2.24, 2.45) is 0 Å². The predicted molar refractivity (Wildman–Crippen MR) is 84.4 cm³/mol. The Hall–Kier alpha value is -1.39. The Morgan fingerprint density at radius 3 is 2.71 bits per heavy atom. The fraction of sp³-hybridized carbons (Fsp3) is 0.588. The quantitative estimate of drug-likeness (QED) is 0.541. The molecule has 1 rings (SSSR count). The van der Waals surface area contributed by atoms with Crippen LogP contribution in [0.15, 0.2) is 18.2 Å². The molecular formula is C17H27NO3. The molecule has 0 aromatic heterocycles. The molecule has 0 saturated heterocycles. The normalized spacial score (nSPS) is 12.2. The first-order chi connectivity index (χ1) is 10.1. The Morgan fingerprint density at radius 2 is 2.10 bits per heavy atom. The van der Waals surface area contributed by atoms with Gasteiger partial charge >= 0.3 is 5.97 Å². The van der Waals surface area contributed by atoms with Gasteiger partial charge < -0.3 is 15.2 Å². The summed E-state index contributed by atoms with van der Waals surface area (Å²) in [7, 11) is 0. The number of esters is 1. The standard InChI is InChI=1S/C17H27NO3/c1-4-21-17(20)12-16(18-8-5-9-19)11-15-7-6-13(2)14(3)10-15/h6-7,10,16,18-19H,4-5,8-9,11-12H2,1-3H3. The molecule has 118 valence electrons. The maximum absolute atomic E-state index is 11.7. The number of carbonyl (C=O) groups is 1. The average Bonchev–Trinajstić information content (AvgIpc) is 2.43. The van der Waals surface area contributed by atoms with Crippen LogP contribution in [0, 0.1) is 13.8 Å². The maximum atomic E-state index is 11.7. The van der Waals surface area contributed by atoms with Crippen LogP contribution in [0.2, 0.25) is 0 Å². The zero-order valence-corrected chi connectivity index (χ0v) is 13.3. The lowest BCUT2D eigenvalue weighted by Gasteiger charge is -2.18.